The van der Waals surface area contributed by atoms with E-state index in [9.17, 15) is 9.59 Å². The van der Waals surface area contributed by atoms with E-state index in [0.29, 0.717) is 12.3 Å². The predicted octanol–water partition coefficient (Wildman–Crippen LogP) is 3.46. The van der Waals surface area contributed by atoms with Crippen LogP contribution in [0.15, 0.2) is 24.3 Å². The molecule has 1 saturated carbocycles. The molecule has 1 unspecified atom stereocenters. The summed E-state index contributed by atoms with van der Waals surface area (Å²) in [5.41, 5.74) is 1.83. The van der Waals surface area contributed by atoms with Crippen molar-refractivity contribution in [2.45, 2.75) is 58.4 Å². The Morgan fingerprint density at radius 3 is 2.59 bits per heavy atom. The number of nitrogens with zero attached hydrogens (tertiary/aromatic N) is 1. The van der Waals surface area contributed by atoms with Crippen molar-refractivity contribution in [2.24, 2.45) is 11.8 Å². The zero-order valence-electron chi connectivity index (χ0n) is 16.3. The normalized spacial score (nSPS) is 16.4. The van der Waals surface area contributed by atoms with E-state index < -0.39 is 0 Å². The molecule has 0 saturated heterocycles. The highest BCUT2D eigenvalue weighted by Crippen LogP contribution is 2.26. The SMILES string of the molecule is CC(C)C(NC(=O)CNC(=O)CC1CCCCC1)c1nc2ccccc2[nH]1. The number of para-hydroxylation sites is 2. The minimum atomic E-state index is -0.222. The van der Waals surface area contributed by atoms with Crippen molar-refractivity contribution < 1.29 is 9.59 Å². The third-order valence-electron chi connectivity index (χ3n) is 5.33. The molecule has 1 aliphatic carbocycles. The molecular formula is C21H30N4O2. The highest BCUT2D eigenvalue weighted by Gasteiger charge is 2.22. The van der Waals surface area contributed by atoms with Gasteiger partial charge >= 0.3 is 0 Å². The Morgan fingerprint density at radius 1 is 1.15 bits per heavy atom. The summed E-state index contributed by atoms with van der Waals surface area (Å²) in [7, 11) is 0. The van der Waals surface area contributed by atoms with Gasteiger partial charge in [-0.25, -0.2) is 4.98 Å². The zero-order chi connectivity index (χ0) is 19.2. The number of aromatic nitrogens is 2. The van der Waals surface area contributed by atoms with E-state index in [2.05, 4.69) is 20.6 Å². The predicted molar refractivity (Wildman–Crippen MR) is 106 cm³/mol. The van der Waals surface area contributed by atoms with E-state index >= 15 is 0 Å². The van der Waals surface area contributed by atoms with Gasteiger partial charge in [-0.15, -0.1) is 0 Å². The van der Waals surface area contributed by atoms with Crippen molar-refractivity contribution in [2.75, 3.05) is 6.54 Å². The van der Waals surface area contributed by atoms with Crippen LogP contribution in [0.1, 0.15) is 64.2 Å². The lowest BCUT2D eigenvalue weighted by Gasteiger charge is -2.22. The molecule has 1 aromatic carbocycles. The number of imidazole rings is 1. The van der Waals surface area contributed by atoms with Crippen LogP contribution in [0.4, 0.5) is 0 Å². The van der Waals surface area contributed by atoms with E-state index in [4.69, 9.17) is 0 Å². The summed E-state index contributed by atoms with van der Waals surface area (Å²) >= 11 is 0. The second-order valence-electron chi connectivity index (χ2n) is 7.91. The van der Waals surface area contributed by atoms with Crippen molar-refractivity contribution in [3.05, 3.63) is 30.1 Å². The number of hydrogen-bond donors (Lipinski definition) is 3. The average Bonchev–Trinajstić information content (AvgIpc) is 3.08. The Labute approximate surface area is 160 Å². The van der Waals surface area contributed by atoms with Gasteiger partial charge in [-0.1, -0.05) is 45.2 Å². The third kappa shape index (κ3) is 5.31. The summed E-state index contributed by atoms with van der Waals surface area (Å²) in [6.45, 7) is 4.09. The number of carbonyl (C=O) groups excluding carboxylic acids is 2. The monoisotopic (exact) mass is 370 g/mol. The maximum Gasteiger partial charge on any atom is 0.239 e. The van der Waals surface area contributed by atoms with Gasteiger partial charge in [-0.2, -0.15) is 0 Å². The molecule has 1 fully saturated rings. The van der Waals surface area contributed by atoms with Crippen molar-refractivity contribution in [3.8, 4) is 0 Å². The van der Waals surface area contributed by atoms with E-state index in [1.54, 1.807) is 0 Å². The van der Waals surface area contributed by atoms with Crippen LogP contribution in [-0.2, 0) is 9.59 Å². The number of hydrogen-bond acceptors (Lipinski definition) is 3. The lowest BCUT2D eigenvalue weighted by molar-refractivity contribution is -0.127. The first-order chi connectivity index (χ1) is 13.0. The van der Waals surface area contributed by atoms with E-state index in [0.717, 1.165) is 29.7 Å². The van der Waals surface area contributed by atoms with Crippen molar-refractivity contribution in [1.29, 1.82) is 0 Å². The number of carbonyl (C=O) groups is 2. The number of nitrogens with one attached hydrogen (secondary N) is 3. The summed E-state index contributed by atoms with van der Waals surface area (Å²) < 4.78 is 0. The smallest absolute Gasteiger partial charge is 0.239 e. The molecule has 2 aromatic rings. The second-order valence-corrected chi connectivity index (χ2v) is 7.91. The minimum absolute atomic E-state index is 0.00893. The number of amides is 2. The quantitative estimate of drug-likeness (QED) is 0.697. The molecule has 1 aliphatic rings. The first-order valence-corrected chi connectivity index (χ1v) is 10.0. The maximum absolute atomic E-state index is 12.4. The Kier molecular flexibility index (Phi) is 6.48. The van der Waals surface area contributed by atoms with Crippen LogP contribution in [-0.4, -0.2) is 28.3 Å². The van der Waals surface area contributed by atoms with Crippen LogP contribution in [0.5, 0.6) is 0 Å². The lowest BCUT2D eigenvalue weighted by Crippen LogP contribution is -2.40. The molecule has 1 heterocycles. The highest BCUT2D eigenvalue weighted by atomic mass is 16.2. The molecule has 2 amide bonds. The zero-order valence-corrected chi connectivity index (χ0v) is 16.3. The van der Waals surface area contributed by atoms with Crippen LogP contribution in [0.25, 0.3) is 11.0 Å². The molecule has 6 heteroatoms. The second kappa shape index (κ2) is 9.02. The Bertz CT molecular complexity index is 744. The van der Waals surface area contributed by atoms with Gasteiger partial charge in [0.05, 0.1) is 23.6 Å². The fourth-order valence-corrected chi connectivity index (χ4v) is 3.80. The van der Waals surface area contributed by atoms with Crippen LogP contribution >= 0.6 is 0 Å². The van der Waals surface area contributed by atoms with Gasteiger partial charge in [0.2, 0.25) is 11.8 Å². The van der Waals surface area contributed by atoms with Gasteiger partial charge in [-0.3, -0.25) is 9.59 Å². The summed E-state index contributed by atoms with van der Waals surface area (Å²) in [5.74, 6) is 1.18. The van der Waals surface area contributed by atoms with Crippen LogP contribution in [0.2, 0.25) is 0 Å². The van der Waals surface area contributed by atoms with E-state index in [-0.39, 0.29) is 30.3 Å². The Morgan fingerprint density at radius 2 is 1.89 bits per heavy atom. The summed E-state index contributed by atoms with van der Waals surface area (Å²) in [6.07, 6.45) is 6.49. The van der Waals surface area contributed by atoms with E-state index in [1.165, 1.54) is 19.3 Å². The highest BCUT2D eigenvalue weighted by molar-refractivity contribution is 5.85. The van der Waals surface area contributed by atoms with Crippen LogP contribution in [0, 0.1) is 11.8 Å². The van der Waals surface area contributed by atoms with Gasteiger partial charge in [0.25, 0.3) is 0 Å². The molecule has 3 rings (SSSR count). The summed E-state index contributed by atoms with van der Waals surface area (Å²) in [5, 5.41) is 5.78. The van der Waals surface area contributed by atoms with E-state index in [1.807, 2.05) is 38.1 Å². The van der Waals surface area contributed by atoms with Gasteiger partial charge in [0.1, 0.15) is 5.82 Å². The Hall–Kier alpha value is -2.37. The fraction of sp³-hybridized carbons (Fsp3) is 0.571. The molecule has 1 aromatic heterocycles. The molecule has 27 heavy (non-hydrogen) atoms. The number of H-pyrrole nitrogens is 1. The topological polar surface area (TPSA) is 86.9 Å². The molecule has 146 valence electrons. The largest absolute Gasteiger partial charge is 0.347 e. The van der Waals surface area contributed by atoms with Gasteiger partial charge in [-0.05, 0) is 36.8 Å². The molecule has 3 N–H and O–H groups in total. The number of fused-ring (bicyclic) bond motifs is 1. The van der Waals surface area contributed by atoms with Crippen LogP contribution < -0.4 is 10.6 Å². The third-order valence-corrected chi connectivity index (χ3v) is 5.33. The van der Waals surface area contributed by atoms with Crippen molar-refractivity contribution in [3.63, 3.8) is 0 Å². The molecule has 0 spiro atoms. The summed E-state index contributed by atoms with van der Waals surface area (Å²) in [4.78, 5) is 32.4. The number of aromatic amines is 1. The number of benzene rings is 1. The van der Waals surface area contributed by atoms with Gasteiger partial charge in [0, 0.05) is 6.42 Å². The van der Waals surface area contributed by atoms with Gasteiger partial charge < -0.3 is 15.6 Å². The minimum Gasteiger partial charge on any atom is -0.347 e. The molecule has 0 aliphatic heterocycles. The van der Waals surface area contributed by atoms with Crippen molar-refractivity contribution in [1.82, 2.24) is 20.6 Å². The summed E-state index contributed by atoms with van der Waals surface area (Å²) in [6, 6.07) is 7.59. The number of rotatable bonds is 7. The van der Waals surface area contributed by atoms with Crippen molar-refractivity contribution >= 4 is 22.8 Å². The Balaban J connectivity index is 1.53. The maximum atomic E-state index is 12.4. The molecule has 0 radical (unpaired) electrons. The average molecular weight is 370 g/mol. The standard InChI is InChI=1S/C21H30N4O2/c1-14(2)20(21-23-16-10-6-7-11-17(16)24-21)25-19(27)13-22-18(26)12-15-8-4-3-5-9-15/h6-7,10-11,14-15,20H,3-5,8-9,12-13H2,1-2H3,(H,22,26)(H,23,24)(H,25,27). The molecule has 6 nitrogen and oxygen atoms in total. The first-order valence-electron chi connectivity index (χ1n) is 10.0. The lowest BCUT2D eigenvalue weighted by atomic mass is 9.87. The fourth-order valence-electron chi connectivity index (χ4n) is 3.80. The van der Waals surface area contributed by atoms with Gasteiger partial charge in [0.15, 0.2) is 0 Å². The molecular weight excluding hydrogens is 340 g/mol. The first kappa shape index (κ1) is 19.4. The molecule has 0 bridgehead atoms. The molecule has 1 atom stereocenters. The van der Waals surface area contributed by atoms with Crippen LogP contribution in [0.3, 0.4) is 0 Å².